The first-order valence-corrected chi connectivity index (χ1v) is 11.2. The second-order valence-electron chi connectivity index (χ2n) is 9.33. The smallest absolute Gasteiger partial charge is 0.0959 e. The first-order chi connectivity index (χ1) is 14.4. The fourth-order valence-electron chi connectivity index (χ4n) is 4.96. The lowest BCUT2D eigenvalue weighted by atomic mass is 9.75. The van der Waals surface area contributed by atoms with Crippen molar-refractivity contribution in [2.75, 3.05) is 0 Å². The van der Waals surface area contributed by atoms with Gasteiger partial charge in [-0.2, -0.15) is 0 Å². The summed E-state index contributed by atoms with van der Waals surface area (Å²) < 4.78 is 2.43. The van der Waals surface area contributed by atoms with Gasteiger partial charge in [0.15, 0.2) is 0 Å². The van der Waals surface area contributed by atoms with Crippen LogP contribution in [-0.4, -0.2) is 15.3 Å². The Morgan fingerprint density at radius 2 is 1.87 bits per heavy atom. The molecule has 2 heterocycles. The van der Waals surface area contributed by atoms with E-state index in [4.69, 9.17) is 10.4 Å². The first kappa shape index (κ1) is 20.6. The normalized spacial score (nSPS) is 16.7. The minimum atomic E-state index is 0.339. The van der Waals surface area contributed by atoms with Gasteiger partial charge in [0, 0.05) is 35.8 Å². The highest BCUT2D eigenvalue weighted by molar-refractivity contribution is 6.21. The van der Waals surface area contributed by atoms with Gasteiger partial charge in [-0.3, -0.25) is 4.98 Å². The van der Waals surface area contributed by atoms with Crippen LogP contribution >= 0.6 is 0 Å². The molecule has 0 aliphatic heterocycles. The maximum Gasteiger partial charge on any atom is 0.0959 e. The monoisotopic (exact) mass is 399 g/mol. The number of hydrogen-bond acceptors (Lipinski definition) is 2. The molecule has 1 saturated carbocycles. The zero-order valence-electron chi connectivity index (χ0n) is 18.8. The van der Waals surface area contributed by atoms with Crippen molar-refractivity contribution in [2.45, 2.75) is 66.3 Å². The van der Waals surface area contributed by atoms with E-state index in [1.54, 1.807) is 0 Å². The van der Waals surface area contributed by atoms with Gasteiger partial charge < -0.3 is 9.98 Å². The molecule has 0 bridgehead atoms. The van der Waals surface area contributed by atoms with Gasteiger partial charge in [-0.15, -0.1) is 0 Å². The van der Waals surface area contributed by atoms with Crippen molar-refractivity contribution in [3.8, 4) is 11.1 Å². The Labute approximate surface area is 180 Å². The molecule has 3 heteroatoms. The quantitative estimate of drug-likeness (QED) is 0.445. The third kappa shape index (κ3) is 3.98. The molecule has 156 valence electrons. The highest BCUT2D eigenvalue weighted by Gasteiger charge is 2.28. The van der Waals surface area contributed by atoms with E-state index in [0.717, 1.165) is 23.2 Å². The number of rotatable bonds is 5. The number of allylic oxidation sites excluding steroid dienone is 2. The predicted octanol–water partition coefficient (Wildman–Crippen LogP) is 7.43. The lowest BCUT2D eigenvalue weighted by molar-refractivity contribution is 0.185. The number of hydrogen-bond donors (Lipinski definition) is 1. The zero-order valence-corrected chi connectivity index (χ0v) is 18.8. The molecule has 1 fully saturated rings. The fraction of sp³-hybridized carbons (Fsp3) is 0.407. The SMILES string of the molecule is C/C=C(/C(C)=N)c1cnc2c(-c3ccc(C)cc3)cn(CC3(C)CCCCC3)c2c1. The Morgan fingerprint density at radius 1 is 1.17 bits per heavy atom. The minimum Gasteiger partial charge on any atom is -0.345 e. The number of nitrogens with zero attached hydrogens (tertiary/aromatic N) is 2. The molecule has 4 rings (SSSR count). The van der Waals surface area contributed by atoms with Crippen molar-refractivity contribution in [2.24, 2.45) is 5.41 Å². The van der Waals surface area contributed by atoms with Gasteiger partial charge in [0.2, 0.25) is 0 Å². The van der Waals surface area contributed by atoms with E-state index in [0.29, 0.717) is 11.1 Å². The van der Waals surface area contributed by atoms with Crippen molar-refractivity contribution in [3.05, 3.63) is 59.9 Å². The topological polar surface area (TPSA) is 41.7 Å². The van der Waals surface area contributed by atoms with E-state index >= 15 is 0 Å². The van der Waals surface area contributed by atoms with Crippen LogP contribution < -0.4 is 0 Å². The van der Waals surface area contributed by atoms with Gasteiger partial charge in [0.05, 0.1) is 11.0 Å². The zero-order chi connectivity index (χ0) is 21.3. The summed E-state index contributed by atoms with van der Waals surface area (Å²) in [4.78, 5) is 4.91. The number of pyridine rings is 1. The number of aromatic nitrogens is 2. The van der Waals surface area contributed by atoms with E-state index in [2.05, 4.69) is 54.9 Å². The third-order valence-electron chi connectivity index (χ3n) is 6.70. The van der Waals surface area contributed by atoms with E-state index in [1.165, 1.54) is 54.3 Å². The molecule has 3 aromatic rings. The summed E-state index contributed by atoms with van der Waals surface area (Å²) in [7, 11) is 0. The summed E-state index contributed by atoms with van der Waals surface area (Å²) in [6.45, 7) is 9.44. The largest absolute Gasteiger partial charge is 0.345 e. The Morgan fingerprint density at radius 3 is 2.50 bits per heavy atom. The number of benzene rings is 1. The average molecular weight is 400 g/mol. The Bertz CT molecular complexity index is 1090. The summed E-state index contributed by atoms with van der Waals surface area (Å²) in [6.07, 6.45) is 12.9. The van der Waals surface area contributed by atoms with Crippen LogP contribution in [-0.2, 0) is 6.54 Å². The van der Waals surface area contributed by atoms with Crippen molar-refractivity contribution in [1.29, 1.82) is 5.41 Å². The molecule has 0 radical (unpaired) electrons. The Hall–Kier alpha value is -2.68. The van der Waals surface area contributed by atoms with Crippen LogP contribution in [0.15, 0.2) is 48.8 Å². The summed E-state index contributed by atoms with van der Waals surface area (Å²) in [5, 5.41) is 8.14. The highest BCUT2D eigenvalue weighted by atomic mass is 15.0. The molecule has 0 spiro atoms. The lowest BCUT2D eigenvalue weighted by Crippen LogP contribution is -2.25. The van der Waals surface area contributed by atoms with Crippen LogP contribution in [0.4, 0.5) is 0 Å². The van der Waals surface area contributed by atoms with Crippen molar-refractivity contribution in [3.63, 3.8) is 0 Å². The van der Waals surface area contributed by atoms with Crippen molar-refractivity contribution >= 4 is 22.3 Å². The highest BCUT2D eigenvalue weighted by Crippen LogP contribution is 2.39. The Balaban J connectivity index is 1.86. The fourth-order valence-corrected chi connectivity index (χ4v) is 4.96. The first-order valence-electron chi connectivity index (χ1n) is 11.2. The van der Waals surface area contributed by atoms with Gasteiger partial charge in [-0.25, -0.2) is 0 Å². The van der Waals surface area contributed by atoms with E-state index in [-0.39, 0.29) is 0 Å². The van der Waals surface area contributed by atoms with Crippen LogP contribution in [0.3, 0.4) is 0 Å². The summed E-state index contributed by atoms with van der Waals surface area (Å²) in [6, 6.07) is 11.0. The molecule has 3 nitrogen and oxygen atoms in total. The second-order valence-corrected chi connectivity index (χ2v) is 9.33. The molecule has 1 N–H and O–H groups in total. The number of nitrogens with one attached hydrogen (secondary N) is 1. The summed E-state index contributed by atoms with van der Waals surface area (Å²) >= 11 is 0. The van der Waals surface area contributed by atoms with Crippen molar-refractivity contribution < 1.29 is 0 Å². The number of aryl methyl sites for hydroxylation is 1. The van der Waals surface area contributed by atoms with Crippen LogP contribution in [0.1, 0.15) is 64.0 Å². The predicted molar refractivity (Wildman–Crippen MR) is 128 cm³/mol. The molecule has 1 aliphatic carbocycles. The molecule has 1 aliphatic rings. The molecular weight excluding hydrogens is 366 g/mol. The van der Waals surface area contributed by atoms with E-state index < -0.39 is 0 Å². The Kier molecular flexibility index (Phi) is 5.64. The van der Waals surface area contributed by atoms with E-state index in [9.17, 15) is 0 Å². The molecule has 0 atom stereocenters. The third-order valence-corrected chi connectivity index (χ3v) is 6.70. The molecule has 0 amide bonds. The molecule has 0 unspecified atom stereocenters. The van der Waals surface area contributed by atoms with Gasteiger partial charge >= 0.3 is 0 Å². The van der Waals surface area contributed by atoms with Gasteiger partial charge in [0.25, 0.3) is 0 Å². The van der Waals surface area contributed by atoms with Gasteiger partial charge in [0.1, 0.15) is 0 Å². The molecule has 1 aromatic carbocycles. The van der Waals surface area contributed by atoms with Crippen LogP contribution in [0, 0.1) is 17.7 Å². The maximum absolute atomic E-state index is 8.14. The summed E-state index contributed by atoms with van der Waals surface area (Å²) in [5.74, 6) is 0. The molecule has 0 saturated heterocycles. The molecule has 30 heavy (non-hydrogen) atoms. The van der Waals surface area contributed by atoms with E-state index in [1.807, 2.05) is 26.1 Å². The lowest BCUT2D eigenvalue weighted by Gasteiger charge is -2.34. The van der Waals surface area contributed by atoms with Crippen molar-refractivity contribution in [1.82, 2.24) is 9.55 Å². The summed E-state index contributed by atoms with van der Waals surface area (Å²) in [5.41, 5.74) is 8.82. The second kappa shape index (κ2) is 8.22. The number of fused-ring (bicyclic) bond motifs is 1. The maximum atomic E-state index is 8.14. The molecular formula is C27H33N3. The standard InChI is InChI=1S/C27H33N3/c1-5-23(20(3)28)22-15-25-26(29-16-22)24(21-11-9-19(2)10-12-21)17-30(25)18-27(4)13-7-6-8-14-27/h5,9-12,15-17,28H,6-8,13-14,18H2,1-4H3/b23-5-,28-20?. The van der Waals surface area contributed by atoms with Crippen LogP contribution in [0.2, 0.25) is 0 Å². The van der Waals surface area contributed by atoms with Crippen LogP contribution in [0.25, 0.3) is 27.7 Å². The average Bonchev–Trinajstić information content (AvgIpc) is 3.06. The van der Waals surface area contributed by atoms with Gasteiger partial charge in [-0.05, 0) is 56.2 Å². The minimum absolute atomic E-state index is 0.339. The van der Waals surface area contributed by atoms with Crippen LogP contribution in [0.5, 0.6) is 0 Å². The van der Waals surface area contributed by atoms with Gasteiger partial charge in [-0.1, -0.05) is 62.1 Å². The molecule has 2 aromatic heterocycles.